The smallest absolute Gasteiger partial charge is 0.268 e. The summed E-state index contributed by atoms with van der Waals surface area (Å²) in [5.41, 5.74) is 2.79. The molecule has 160 valence electrons. The van der Waals surface area contributed by atoms with Gasteiger partial charge in [-0.15, -0.1) is 11.3 Å². The molecular weight excluding hydrogens is 404 g/mol. The maximum Gasteiger partial charge on any atom is 0.268 e. The van der Waals surface area contributed by atoms with Crippen molar-refractivity contribution in [2.24, 2.45) is 5.92 Å². The molecule has 3 aromatic rings. The Bertz CT molecular complexity index is 1040. The number of carbonyl (C=O) groups is 2. The molecular formula is C26H28N2O2S. The van der Waals surface area contributed by atoms with Gasteiger partial charge >= 0.3 is 0 Å². The molecule has 2 aromatic carbocycles. The molecule has 1 heterocycles. The highest BCUT2D eigenvalue weighted by Gasteiger charge is 2.20. The second kappa shape index (κ2) is 10.7. The zero-order valence-electron chi connectivity index (χ0n) is 18.1. The lowest BCUT2D eigenvalue weighted by Crippen LogP contribution is -2.37. The SMILES string of the molecule is Cc1cccc(C(=O)N/C(=C\c2cccs2)C(=O)N[C@H](CC(C)C)c2ccccc2)c1. The van der Waals surface area contributed by atoms with Gasteiger partial charge < -0.3 is 10.6 Å². The standard InChI is InChI=1S/C26H28N2O2S/c1-18(2)15-23(20-10-5-4-6-11-20)27-26(30)24(17-22-13-8-14-31-22)28-25(29)21-12-7-9-19(3)16-21/h4-14,16-18,23H,15H2,1-3H3,(H,27,30)(H,28,29)/b24-17-/t23-/m1/s1. The van der Waals surface area contributed by atoms with E-state index in [1.807, 2.05) is 73.0 Å². The van der Waals surface area contributed by atoms with Crippen LogP contribution in [0.3, 0.4) is 0 Å². The Hall–Kier alpha value is -3.18. The van der Waals surface area contributed by atoms with Gasteiger partial charge in [0.15, 0.2) is 0 Å². The summed E-state index contributed by atoms with van der Waals surface area (Å²) in [7, 11) is 0. The number of amides is 2. The van der Waals surface area contributed by atoms with E-state index < -0.39 is 0 Å². The maximum absolute atomic E-state index is 13.3. The number of hydrogen-bond donors (Lipinski definition) is 2. The van der Waals surface area contributed by atoms with E-state index in [2.05, 4.69) is 24.5 Å². The summed E-state index contributed by atoms with van der Waals surface area (Å²) < 4.78 is 0. The molecule has 0 bridgehead atoms. The number of hydrogen-bond acceptors (Lipinski definition) is 3. The lowest BCUT2D eigenvalue weighted by molar-refractivity contribution is -0.118. The molecule has 0 aliphatic heterocycles. The third-order valence-corrected chi connectivity index (χ3v) is 5.64. The molecule has 0 radical (unpaired) electrons. The van der Waals surface area contributed by atoms with Gasteiger partial charge in [-0.2, -0.15) is 0 Å². The van der Waals surface area contributed by atoms with Crippen LogP contribution in [0.15, 0.2) is 77.8 Å². The van der Waals surface area contributed by atoms with Crippen LogP contribution in [0.4, 0.5) is 0 Å². The quantitative estimate of drug-likeness (QED) is 0.447. The monoisotopic (exact) mass is 432 g/mol. The fourth-order valence-corrected chi connectivity index (χ4v) is 3.98. The Kier molecular flexibility index (Phi) is 7.79. The minimum absolute atomic E-state index is 0.142. The fraction of sp³-hybridized carbons (Fsp3) is 0.231. The van der Waals surface area contributed by atoms with E-state index >= 15 is 0 Å². The highest BCUT2D eigenvalue weighted by molar-refractivity contribution is 7.10. The Morgan fingerprint density at radius 1 is 1.00 bits per heavy atom. The summed E-state index contributed by atoms with van der Waals surface area (Å²) in [4.78, 5) is 27.0. The van der Waals surface area contributed by atoms with E-state index in [4.69, 9.17) is 0 Å². The molecule has 1 atom stereocenters. The van der Waals surface area contributed by atoms with Gasteiger partial charge in [0.1, 0.15) is 5.70 Å². The largest absolute Gasteiger partial charge is 0.344 e. The van der Waals surface area contributed by atoms with E-state index in [1.54, 1.807) is 12.1 Å². The first-order chi connectivity index (χ1) is 14.9. The second-order valence-corrected chi connectivity index (χ2v) is 8.94. The first kappa shape index (κ1) is 22.5. The second-order valence-electron chi connectivity index (χ2n) is 7.96. The summed E-state index contributed by atoms with van der Waals surface area (Å²) in [6.45, 7) is 6.19. The molecule has 31 heavy (non-hydrogen) atoms. The Morgan fingerprint density at radius 2 is 1.77 bits per heavy atom. The number of benzene rings is 2. The highest BCUT2D eigenvalue weighted by atomic mass is 32.1. The third kappa shape index (κ3) is 6.66. The molecule has 0 aliphatic carbocycles. The lowest BCUT2D eigenvalue weighted by Gasteiger charge is -2.22. The average Bonchev–Trinajstić information content (AvgIpc) is 3.26. The van der Waals surface area contributed by atoms with Crippen molar-refractivity contribution >= 4 is 29.2 Å². The topological polar surface area (TPSA) is 58.2 Å². The Morgan fingerprint density at radius 3 is 2.42 bits per heavy atom. The molecule has 2 N–H and O–H groups in total. The van der Waals surface area contributed by atoms with Crippen molar-refractivity contribution in [3.05, 3.63) is 99.4 Å². The lowest BCUT2D eigenvalue weighted by atomic mass is 9.97. The van der Waals surface area contributed by atoms with Crippen LogP contribution in [0.2, 0.25) is 0 Å². The van der Waals surface area contributed by atoms with Crippen molar-refractivity contribution in [2.45, 2.75) is 33.2 Å². The predicted molar refractivity (Wildman–Crippen MR) is 128 cm³/mol. The van der Waals surface area contributed by atoms with Crippen LogP contribution in [0.1, 0.15) is 52.7 Å². The van der Waals surface area contributed by atoms with Gasteiger partial charge in [0.25, 0.3) is 11.8 Å². The van der Waals surface area contributed by atoms with Crippen molar-refractivity contribution in [3.8, 4) is 0 Å². The van der Waals surface area contributed by atoms with Gasteiger partial charge in [0, 0.05) is 10.4 Å². The number of thiophene rings is 1. The number of aryl methyl sites for hydroxylation is 1. The van der Waals surface area contributed by atoms with Gasteiger partial charge in [-0.05, 0) is 54.5 Å². The molecule has 4 nitrogen and oxygen atoms in total. The first-order valence-electron chi connectivity index (χ1n) is 10.4. The van der Waals surface area contributed by atoms with Crippen molar-refractivity contribution in [2.75, 3.05) is 0 Å². The zero-order chi connectivity index (χ0) is 22.2. The van der Waals surface area contributed by atoms with Crippen molar-refractivity contribution in [1.82, 2.24) is 10.6 Å². The van der Waals surface area contributed by atoms with Crippen LogP contribution in [0.25, 0.3) is 6.08 Å². The summed E-state index contributed by atoms with van der Waals surface area (Å²) in [5.74, 6) is -0.206. The van der Waals surface area contributed by atoms with E-state index in [1.165, 1.54) is 11.3 Å². The third-order valence-electron chi connectivity index (χ3n) is 4.82. The minimum atomic E-state index is -0.304. The average molecular weight is 433 g/mol. The molecule has 1 aromatic heterocycles. The first-order valence-corrected chi connectivity index (χ1v) is 11.3. The van der Waals surface area contributed by atoms with E-state index in [0.717, 1.165) is 22.4 Å². The van der Waals surface area contributed by atoms with Crippen molar-refractivity contribution in [1.29, 1.82) is 0 Å². The van der Waals surface area contributed by atoms with Crippen LogP contribution in [-0.2, 0) is 4.79 Å². The Balaban J connectivity index is 1.86. The molecule has 5 heteroatoms. The van der Waals surface area contributed by atoms with Gasteiger partial charge in [-0.1, -0.05) is 67.9 Å². The van der Waals surface area contributed by atoms with Gasteiger partial charge in [-0.3, -0.25) is 9.59 Å². The molecule has 0 spiro atoms. The molecule has 0 saturated heterocycles. The summed E-state index contributed by atoms with van der Waals surface area (Å²) in [5, 5.41) is 7.89. The summed E-state index contributed by atoms with van der Waals surface area (Å²) >= 11 is 1.51. The summed E-state index contributed by atoms with van der Waals surface area (Å²) in [6, 6.07) is 20.9. The molecule has 0 unspecified atom stereocenters. The van der Waals surface area contributed by atoms with E-state index in [9.17, 15) is 9.59 Å². The van der Waals surface area contributed by atoms with Crippen molar-refractivity contribution < 1.29 is 9.59 Å². The van der Waals surface area contributed by atoms with Crippen LogP contribution in [0, 0.1) is 12.8 Å². The van der Waals surface area contributed by atoms with Gasteiger partial charge in [-0.25, -0.2) is 0 Å². The van der Waals surface area contributed by atoms with Crippen molar-refractivity contribution in [3.63, 3.8) is 0 Å². The molecule has 0 fully saturated rings. The molecule has 2 amide bonds. The highest BCUT2D eigenvalue weighted by Crippen LogP contribution is 2.22. The van der Waals surface area contributed by atoms with Crippen LogP contribution in [0.5, 0.6) is 0 Å². The molecule has 0 aliphatic rings. The molecule has 3 rings (SSSR count). The van der Waals surface area contributed by atoms with Gasteiger partial charge in [0.05, 0.1) is 6.04 Å². The molecule has 0 saturated carbocycles. The number of nitrogens with one attached hydrogen (secondary N) is 2. The Labute approximate surface area is 188 Å². The van der Waals surface area contributed by atoms with E-state index in [-0.39, 0.29) is 23.6 Å². The maximum atomic E-state index is 13.3. The number of rotatable bonds is 8. The summed E-state index contributed by atoms with van der Waals surface area (Å²) in [6.07, 6.45) is 2.53. The normalized spacial score (nSPS) is 12.5. The minimum Gasteiger partial charge on any atom is -0.344 e. The predicted octanol–water partition coefficient (Wildman–Crippen LogP) is 5.73. The van der Waals surface area contributed by atoms with Crippen LogP contribution >= 0.6 is 11.3 Å². The van der Waals surface area contributed by atoms with E-state index in [0.29, 0.717) is 11.5 Å². The number of carbonyl (C=O) groups excluding carboxylic acids is 2. The van der Waals surface area contributed by atoms with Crippen LogP contribution in [-0.4, -0.2) is 11.8 Å². The fourth-order valence-electron chi connectivity index (χ4n) is 3.33. The van der Waals surface area contributed by atoms with Crippen LogP contribution < -0.4 is 10.6 Å². The van der Waals surface area contributed by atoms with Gasteiger partial charge in [0.2, 0.25) is 0 Å². The zero-order valence-corrected chi connectivity index (χ0v) is 18.9.